The van der Waals surface area contributed by atoms with Gasteiger partial charge in [0, 0.05) is 6.54 Å². The van der Waals surface area contributed by atoms with Crippen LogP contribution in [0.25, 0.3) is 0 Å². The minimum absolute atomic E-state index is 0.135. The lowest BCUT2D eigenvalue weighted by atomic mass is 10.2. The molecule has 0 bridgehead atoms. The quantitative estimate of drug-likeness (QED) is 0.800. The number of esters is 1. The SMILES string of the molecule is COC(=O)Cc1ccc(S(=O)(=O)NCC(C)C)cc1. The van der Waals surface area contributed by atoms with Crippen LogP contribution in [0.2, 0.25) is 0 Å². The van der Waals surface area contributed by atoms with Crippen LogP contribution >= 0.6 is 0 Å². The Balaban J connectivity index is 2.78. The van der Waals surface area contributed by atoms with E-state index in [1.807, 2.05) is 13.8 Å². The Bertz CT molecular complexity index is 520. The van der Waals surface area contributed by atoms with Crippen molar-refractivity contribution in [2.45, 2.75) is 25.2 Å². The maximum absolute atomic E-state index is 11.9. The second-order valence-electron chi connectivity index (χ2n) is 4.64. The van der Waals surface area contributed by atoms with E-state index < -0.39 is 10.0 Å². The molecule has 0 heterocycles. The number of benzene rings is 1. The van der Waals surface area contributed by atoms with E-state index in [9.17, 15) is 13.2 Å². The third kappa shape index (κ3) is 5.00. The molecule has 0 aliphatic heterocycles. The predicted octanol–water partition coefficient (Wildman–Crippen LogP) is 1.34. The number of rotatable bonds is 6. The molecule has 19 heavy (non-hydrogen) atoms. The van der Waals surface area contributed by atoms with Crippen molar-refractivity contribution in [3.8, 4) is 0 Å². The van der Waals surface area contributed by atoms with Gasteiger partial charge < -0.3 is 4.74 Å². The Labute approximate surface area is 114 Å². The van der Waals surface area contributed by atoms with Gasteiger partial charge in [-0.25, -0.2) is 13.1 Å². The van der Waals surface area contributed by atoms with Gasteiger partial charge in [-0.1, -0.05) is 26.0 Å². The van der Waals surface area contributed by atoms with E-state index in [-0.39, 0.29) is 23.2 Å². The molecular weight excluding hydrogens is 266 g/mol. The molecule has 0 fully saturated rings. The molecule has 0 saturated carbocycles. The average molecular weight is 285 g/mol. The lowest BCUT2D eigenvalue weighted by molar-refractivity contribution is -0.139. The summed E-state index contributed by atoms with van der Waals surface area (Å²) in [5.41, 5.74) is 0.717. The number of carbonyl (C=O) groups excluding carboxylic acids is 1. The zero-order chi connectivity index (χ0) is 14.5. The first-order chi connectivity index (χ1) is 8.85. The zero-order valence-corrected chi connectivity index (χ0v) is 12.2. The molecule has 0 saturated heterocycles. The van der Waals surface area contributed by atoms with Crippen LogP contribution < -0.4 is 4.72 Å². The standard InChI is InChI=1S/C13H19NO4S/c1-10(2)9-14-19(16,17)12-6-4-11(5-7-12)8-13(15)18-3/h4-7,10,14H,8-9H2,1-3H3. The topological polar surface area (TPSA) is 72.5 Å². The summed E-state index contributed by atoms with van der Waals surface area (Å²) >= 11 is 0. The molecule has 0 amide bonds. The van der Waals surface area contributed by atoms with Gasteiger partial charge >= 0.3 is 5.97 Å². The van der Waals surface area contributed by atoms with Gasteiger partial charge in [0.1, 0.15) is 0 Å². The van der Waals surface area contributed by atoms with Gasteiger partial charge in [0.15, 0.2) is 0 Å². The lowest BCUT2D eigenvalue weighted by Gasteiger charge is -2.09. The van der Waals surface area contributed by atoms with Crippen LogP contribution in [0.5, 0.6) is 0 Å². The van der Waals surface area contributed by atoms with Crippen molar-refractivity contribution in [2.75, 3.05) is 13.7 Å². The summed E-state index contributed by atoms with van der Waals surface area (Å²) in [5.74, 6) is -0.109. The van der Waals surface area contributed by atoms with Crippen LogP contribution in [-0.4, -0.2) is 28.0 Å². The van der Waals surface area contributed by atoms with Crippen molar-refractivity contribution in [3.63, 3.8) is 0 Å². The maximum atomic E-state index is 11.9. The monoisotopic (exact) mass is 285 g/mol. The fraction of sp³-hybridized carbons (Fsp3) is 0.462. The summed E-state index contributed by atoms with van der Waals surface area (Å²) in [6, 6.07) is 6.20. The van der Waals surface area contributed by atoms with Gasteiger partial charge in [-0.15, -0.1) is 0 Å². The number of carbonyl (C=O) groups is 1. The van der Waals surface area contributed by atoms with Crippen LogP contribution in [0.4, 0.5) is 0 Å². The van der Waals surface area contributed by atoms with Crippen LogP contribution in [0, 0.1) is 5.92 Å². The average Bonchev–Trinajstić information content (AvgIpc) is 2.37. The highest BCUT2D eigenvalue weighted by Crippen LogP contribution is 2.11. The van der Waals surface area contributed by atoms with Crippen molar-refractivity contribution >= 4 is 16.0 Å². The van der Waals surface area contributed by atoms with E-state index >= 15 is 0 Å². The molecule has 0 spiro atoms. The lowest BCUT2D eigenvalue weighted by Crippen LogP contribution is -2.27. The van der Waals surface area contributed by atoms with Crippen LogP contribution in [-0.2, 0) is 26.0 Å². The minimum Gasteiger partial charge on any atom is -0.469 e. The Kier molecular flexibility index (Phi) is 5.50. The van der Waals surface area contributed by atoms with Gasteiger partial charge in [0.2, 0.25) is 10.0 Å². The molecule has 0 aliphatic carbocycles. The number of hydrogen-bond donors (Lipinski definition) is 1. The normalized spacial score (nSPS) is 11.6. The smallest absolute Gasteiger partial charge is 0.309 e. The summed E-state index contributed by atoms with van der Waals surface area (Å²) in [6.45, 7) is 4.26. The van der Waals surface area contributed by atoms with E-state index in [0.29, 0.717) is 6.54 Å². The molecule has 1 aromatic carbocycles. The molecule has 0 radical (unpaired) electrons. The number of ether oxygens (including phenoxy) is 1. The summed E-state index contributed by atoms with van der Waals surface area (Å²) < 4.78 is 30.9. The van der Waals surface area contributed by atoms with Crippen molar-refractivity contribution in [2.24, 2.45) is 5.92 Å². The molecule has 0 atom stereocenters. The second kappa shape index (κ2) is 6.68. The molecule has 0 aliphatic rings. The molecule has 1 rings (SSSR count). The highest BCUT2D eigenvalue weighted by atomic mass is 32.2. The van der Waals surface area contributed by atoms with Crippen LogP contribution in [0.15, 0.2) is 29.2 Å². The number of hydrogen-bond acceptors (Lipinski definition) is 4. The summed E-state index contributed by atoms with van der Waals surface area (Å²) in [7, 11) is -2.16. The summed E-state index contributed by atoms with van der Waals surface area (Å²) in [5, 5.41) is 0. The van der Waals surface area contributed by atoms with E-state index in [1.54, 1.807) is 12.1 Å². The molecular formula is C13H19NO4S. The van der Waals surface area contributed by atoms with E-state index in [4.69, 9.17) is 0 Å². The fourth-order valence-electron chi connectivity index (χ4n) is 1.39. The molecule has 0 unspecified atom stereocenters. The Morgan fingerprint density at radius 1 is 1.26 bits per heavy atom. The number of sulfonamides is 1. The molecule has 106 valence electrons. The molecule has 0 aromatic heterocycles. The van der Waals surface area contributed by atoms with Gasteiger partial charge in [-0.3, -0.25) is 4.79 Å². The van der Waals surface area contributed by atoms with Crippen molar-refractivity contribution in [3.05, 3.63) is 29.8 Å². The second-order valence-corrected chi connectivity index (χ2v) is 6.41. The molecule has 1 aromatic rings. The summed E-state index contributed by atoms with van der Waals surface area (Å²) in [4.78, 5) is 11.3. The Morgan fingerprint density at radius 3 is 2.32 bits per heavy atom. The minimum atomic E-state index is -3.47. The maximum Gasteiger partial charge on any atom is 0.309 e. The predicted molar refractivity (Wildman–Crippen MR) is 72.2 cm³/mol. The van der Waals surface area contributed by atoms with Gasteiger partial charge in [0.25, 0.3) is 0 Å². The van der Waals surface area contributed by atoms with Gasteiger partial charge in [-0.05, 0) is 23.6 Å². The van der Waals surface area contributed by atoms with Gasteiger partial charge in [-0.2, -0.15) is 0 Å². The first-order valence-corrected chi connectivity index (χ1v) is 7.49. The highest BCUT2D eigenvalue weighted by Gasteiger charge is 2.14. The Hall–Kier alpha value is -1.40. The fourth-order valence-corrected chi connectivity index (χ4v) is 2.60. The van der Waals surface area contributed by atoms with Crippen LogP contribution in [0.3, 0.4) is 0 Å². The van der Waals surface area contributed by atoms with E-state index in [1.165, 1.54) is 19.2 Å². The van der Waals surface area contributed by atoms with E-state index in [2.05, 4.69) is 9.46 Å². The number of methoxy groups -OCH3 is 1. The zero-order valence-electron chi connectivity index (χ0n) is 11.3. The van der Waals surface area contributed by atoms with Crippen molar-refractivity contribution in [1.29, 1.82) is 0 Å². The third-order valence-corrected chi connectivity index (χ3v) is 3.93. The number of nitrogens with one attached hydrogen (secondary N) is 1. The third-order valence-electron chi connectivity index (χ3n) is 2.49. The molecule has 5 nitrogen and oxygen atoms in total. The first-order valence-electron chi connectivity index (χ1n) is 6.00. The molecule has 1 N–H and O–H groups in total. The summed E-state index contributed by atoms with van der Waals surface area (Å²) in [6.07, 6.45) is 0.135. The van der Waals surface area contributed by atoms with Crippen molar-refractivity contribution < 1.29 is 17.9 Å². The Morgan fingerprint density at radius 2 is 1.84 bits per heavy atom. The molecule has 6 heteroatoms. The van der Waals surface area contributed by atoms with Crippen molar-refractivity contribution in [1.82, 2.24) is 4.72 Å². The largest absolute Gasteiger partial charge is 0.469 e. The van der Waals surface area contributed by atoms with Crippen LogP contribution in [0.1, 0.15) is 19.4 Å². The van der Waals surface area contributed by atoms with E-state index in [0.717, 1.165) is 5.56 Å². The highest BCUT2D eigenvalue weighted by molar-refractivity contribution is 7.89. The van der Waals surface area contributed by atoms with Gasteiger partial charge in [0.05, 0.1) is 18.4 Å². The first kappa shape index (κ1) is 15.7.